The van der Waals surface area contributed by atoms with Gasteiger partial charge in [0.1, 0.15) is 0 Å². The zero-order chi connectivity index (χ0) is 14.2. The summed E-state index contributed by atoms with van der Waals surface area (Å²) in [5, 5.41) is 4.32. The second kappa shape index (κ2) is 5.36. The van der Waals surface area contributed by atoms with Crippen LogP contribution in [0.25, 0.3) is 11.1 Å². The maximum Gasteiger partial charge on any atom is 0.0484 e. The zero-order valence-electron chi connectivity index (χ0n) is 12.0. The van der Waals surface area contributed by atoms with Gasteiger partial charge >= 0.3 is 0 Å². The maximum atomic E-state index is 6.33. The fourth-order valence-electron chi connectivity index (χ4n) is 3.61. The molecule has 2 aromatic rings. The van der Waals surface area contributed by atoms with Gasteiger partial charge in [-0.2, -0.15) is 0 Å². The normalized spacial score (nSPS) is 20.8. The molecule has 0 saturated carbocycles. The minimum absolute atomic E-state index is 0.663. The van der Waals surface area contributed by atoms with E-state index >= 15 is 0 Å². The van der Waals surface area contributed by atoms with Crippen LogP contribution in [-0.4, -0.2) is 25.7 Å². The first-order valence-electron chi connectivity index (χ1n) is 7.68. The van der Waals surface area contributed by atoms with Crippen molar-refractivity contribution < 1.29 is 0 Å². The third-order valence-electron chi connectivity index (χ3n) is 4.65. The first kappa shape index (κ1) is 13.2. The summed E-state index contributed by atoms with van der Waals surface area (Å²) in [5.41, 5.74) is 5.25. The van der Waals surface area contributed by atoms with Crippen LogP contribution in [0.1, 0.15) is 12.0 Å². The molecule has 0 radical (unpaired) electrons. The average Bonchev–Trinajstić information content (AvgIpc) is 2.68. The smallest absolute Gasteiger partial charge is 0.0484 e. The van der Waals surface area contributed by atoms with Crippen molar-refractivity contribution in [3.63, 3.8) is 0 Å². The lowest BCUT2D eigenvalue weighted by molar-refractivity contribution is 0.612. The molecular weight excluding hydrogens is 280 g/mol. The van der Waals surface area contributed by atoms with E-state index in [9.17, 15) is 0 Å². The SMILES string of the molecule is Clc1ccccc1-c1ccc2c(c1)CC1CCNCCN21. The number of benzene rings is 2. The molecule has 0 amide bonds. The first-order chi connectivity index (χ1) is 10.3. The van der Waals surface area contributed by atoms with Gasteiger partial charge in [0, 0.05) is 35.4 Å². The number of nitrogens with zero attached hydrogens (tertiary/aromatic N) is 1. The zero-order valence-corrected chi connectivity index (χ0v) is 12.7. The highest BCUT2D eigenvalue weighted by molar-refractivity contribution is 6.33. The van der Waals surface area contributed by atoms with E-state index < -0.39 is 0 Å². The Labute approximate surface area is 130 Å². The van der Waals surface area contributed by atoms with Crippen LogP contribution >= 0.6 is 11.6 Å². The van der Waals surface area contributed by atoms with Crippen molar-refractivity contribution in [2.45, 2.75) is 18.9 Å². The Balaban J connectivity index is 1.72. The lowest BCUT2D eigenvalue weighted by atomic mass is 10.0. The predicted molar refractivity (Wildman–Crippen MR) is 89.2 cm³/mol. The summed E-state index contributed by atoms with van der Waals surface area (Å²) in [4.78, 5) is 2.58. The molecule has 3 heteroatoms. The summed E-state index contributed by atoms with van der Waals surface area (Å²) in [5.74, 6) is 0. The molecule has 1 fully saturated rings. The van der Waals surface area contributed by atoms with Crippen molar-refractivity contribution in [1.82, 2.24) is 5.32 Å². The van der Waals surface area contributed by atoms with Gasteiger partial charge in [-0.3, -0.25) is 0 Å². The molecule has 1 atom stereocenters. The number of hydrogen-bond acceptors (Lipinski definition) is 2. The maximum absolute atomic E-state index is 6.33. The Morgan fingerprint density at radius 3 is 2.90 bits per heavy atom. The average molecular weight is 299 g/mol. The van der Waals surface area contributed by atoms with E-state index in [0.29, 0.717) is 6.04 Å². The molecule has 2 heterocycles. The van der Waals surface area contributed by atoms with E-state index in [1.807, 2.05) is 18.2 Å². The molecule has 2 aliphatic heterocycles. The molecule has 4 rings (SSSR count). The molecule has 108 valence electrons. The summed E-state index contributed by atoms with van der Waals surface area (Å²) in [6.07, 6.45) is 2.39. The van der Waals surface area contributed by atoms with Gasteiger partial charge in [-0.05, 0) is 48.7 Å². The third kappa shape index (κ3) is 2.33. The van der Waals surface area contributed by atoms with E-state index in [1.54, 1.807) is 0 Å². The van der Waals surface area contributed by atoms with Crippen molar-refractivity contribution in [2.75, 3.05) is 24.5 Å². The molecule has 0 bridgehead atoms. The van der Waals surface area contributed by atoms with Gasteiger partial charge in [-0.25, -0.2) is 0 Å². The highest BCUT2D eigenvalue weighted by Gasteiger charge is 2.30. The fraction of sp³-hybridized carbons (Fsp3) is 0.333. The second-order valence-corrected chi connectivity index (χ2v) is 6.32. The molecule has 0 spiro atoms. The van der Waals surface area contributed by atoms with Crippen LogP contribution in [0.4, 0.5) is 5.69 Å². The van der Waals surface area contributed by atoms with Crippen molar-refractivity contribution >= 4 is 17.3 Å². The Hall–Kier alpha value is -1.51. The van der Waals surface area contributed by atoms with Crippen molar-refractivity contribution in [2.24, 2.45) is 0 Å². The van der Waals surface area contributed by atoms with Crippen LogP contribution in [0.3, 0.4) is 0 Å². The van der Waals surface area contributed by atoms with Gasteiger partial charge < -0.3 is 10.2 Å². The van der Waals surface area contributed by atoms with Gasteiger partial charge in [0.25, 0.3) is 0 Å². The van der Waals surface area contributed by atoms with Gasteiger partial charge in [0.2, 0.25) is 0 Å². The van der Waals surface area contributed by atoms with E-state index in [2.05, 4.69) is 34.5 Å². The molecule has 2 aromatic carbocycles. The van der Waals surface area contributed by atoms with Gasteiger partial charge in [-0.1, -0.05) is 35.9 Å². The molecule has 21 heavy (non-hydrogen) atoms. The van der Waals surface area contributed by atoms with Gasteiger partial charge in [0.05, 0.1) is 0 Å². The van der Waals surface area contributed by atoms with Crippen molar-refractivity contribution in [1.29, 1.82) is 0 Å². The quantitative estimate of drug-likeness (QED) is 0.863. The third-order valence-corrected chi connectivity index (χ3v) is 4.98. The number of halogens is 1. The molecule has 2 aliphatic rings. The summed E-state index contributed by atoms with van der Waals surface area (Å²) in [6.45, 7) is 3.33. The van der Waals surface area contributed by atoms with Crippen molar-refractivity contribution in [3.8, 4) is 11.1 Å². The monoisotopic (exact) mass is 298 g/mol. The van der Waals surface area contributed by atoms with Gasteiger partial charge in [0.15, 0.2) is 0 Å². The Morgan fingerprint density at radius 2 is 2.00 bits per heavy atom. The topological polar surface area (TPSA) is 15.3 Å². The van der Waals surface area contributed by atoms with Crippen LogP contribution in [0.5, 0.6) is 0 Å². The Kier molecular flexibility index (Phi) is 3.36. The van der Waals surface area contributed by atoms with Crippen LogP contribution in [0.2, 0.25) is 5.02 Å². The number of fused-ring (bicyclic) bond motifs is 3. The van der Waals surface area contributed by atoms with Crippen LogP contribution in [0, 0.1) is 0 Å². The van der Waals surface area contributed by atoms with Gasteiger partial charge in [-0.15, -0.1) is 0 Å². The largest absolute Gasteiger partial charge is 0.367 e. The molecule has 1 saturated heterocycles. The number of nitrogens with one attached hydrogen (secondary N) is 1. The molecule has 1 unspecified atom stereocenters. The standard InChI is InChI=1S/C18H19ClN2/c19-17-4-2-1-3-16(17)13-5-6-18-14(11-13)12-15-7-8-20-9-10-21(15)18/h1-6,11,15,20H,7-10,12H2. The highest BCUT2D eigenvalue weighted by Crippen LogP contribution is 2.37. The first-order valence-corrected chi connectivity index (χ1v) is 8.06. The molecule has 2 nitrogen and oxygen atoms in total. The molecule has 1 N–H and O–H groups in total. The summed E-state index contributed by atoms with van der Waals surface area (Å²) >= 11 is 6.33. The number of hydrogen-bond donors (Lipinski definition) is 1. The van der Waals surface area contributed by atoms with Crippen LogP contribution in [0.15, 0.2) is 42.5 Å². The predicted octanol–water partition coefficient (Wildman–Crippen LogP) is 3.73. The number of anilines is 1. The minimum atomic E-state index is 0.663. The molecule has 0 aliphatic carbocycles. The Bertz CT molecular complexity index is 668. The summed E-state index contributed by atoms with van der Waals surface area (Å²) < 4.78 is 0. The van der Waals surface area contributed by atoms with E-state index in [1.165, 1.54) is 23.2 Å². The molecule has 0 aromatic heterocycles. The summed E-state index contributed by atoms with van der Waals surface area (Å²) in [7, 11) is 0. The lowest BCUT2D eigenvalue weighted by Gasteiger charge is -2.24. The second-order valence-electron chi connectivity index (χ2n) is 5.91. The lowest BCUT2D eigenvalue weighted by Crippen LogP contribution is -2.32. The van der Waals surface area contributed by atoms with E-state index in [0.717, 1.165) is 36.6 Å². The number of rotatable bonds is 1. The molecular formula is C18H19ClN2. The summed E-state index contributed by atoms with van der Waals surface area (Å²) in [6, 6.07) is 15.6. The Morgan fingerprint density at radius 1 is 1.10 bits per heavy atom. The van der Waals surface area contributed by atoms with E-state index in [-0.39, 0.29) is 0 Å². The minimum Gasteiger partial charge on any atom is -0.367 e. The van der Waals surface area contributed by atoms with E-state index in [4.69, 9.17) is 11.6 Å². The van der Waals surface area contributed by atoms with Crippen LogP contribution < -0.4 is 10.2 Å². The van der Waals surface area contributed by atoms with Crippen molar-refractivity contribution in [3.05, 3.63) is 53.1 Å². The van der Waals surface area contributed by atoms with Crippen LogP contribution in [-0.2, 0) is 6.42 Å². The fourth-order valence-corrected chi connectivity index (χ4v) is 3.85. The highest BCUT2D eigenvalue weighted by atomic mass is 35.5.